The Morgan fingerprint density at radius 1 is 1.10 bits per heavy atom. The number of pyridine rings is 1. The minimum Gasteiger partial charge on any atom is -0.465 e. The van der Waals surface area contributed by atoms with E-state index in [1.54, 1.807) is 6.07 Å². The lowest BCUT2D eigenvalue weighted by Crippen LogP contribution is -2.57. The highest BCUT2D eigenvalue weighted by Crippen LogP contribution is 2.48. The number of aromatic nitrogens is 1. The van der Waals surface area contributed by atoms with Crippen LogP contribution in [-0.4, -0.2) is 34.0 Å². The third-order valence-corrected chi connectivity index (χ3v) is 5.17. The molecule has 0 saturated carbocycles. The number of amides is 2. The predicted molar refractivity (Wildman–Crippen MR) is 107 cm³/mol. The van der Waals surface area contributed by atoms with Crippen molar-refractivity contribution in [3.8, 4) is 0 Å². The van der Waals surface area contributed by atoms with Gasteiger partial charge in [0.15, 0.2) is 5.41 Å². The number of nitrogens with one attached hydrogen (secondary N) is 2. The number of hydrazone groups is 1. The van der Waals surface area contributed by atoms with Gasteiger partial charge in [-0.1, -0.05) is 30.3 Å². The second kappa shape index (κ2) is 7.38. The minimum absolute atomic E-state index is 0.0136. The Morgan fingerprint density at radius 3 is 2.52 bits per heavy atom. The third-order valence-electron chi connectivity index (χ3n) is 5.17. The Bertz CT molecular complexity index is 1200. The first-order chi connectivity index (χ1) is 14.7. The number of rotatable bonds is 3. The third kappa shape index (κ3) is 3.45. The first kappa shape index (κ1) is 20.3. The van der Waals surface area contributed by atoms with Crippen molar-refractivity contribution in [2.24, 2.45) is 5.10 Å². The minimum atomic E-state index is -4.92. The second-order valence-electron chi connectivity index (χ2n) is 6.96. The Hall–Kier alpha value is -3.95. The lowest BCUT2D eigenvalue weighted by Gasteiger charge is -2.37. The van der Waals surface area contributed by atoms with Crippen LogP contribution in [0.5, 0.6) is 0 Å². The molecule has 0 unspecified atom stereocenters. The Labute approximate surface area is 173 Å². The summed E-state index contributed by atoms with van der Waals surface area (Å²) in [4.78, 5) is 27.6. The van der Waals surface area contributed by atoms with Crippen LogP contribution in [-0.2, 0) is 10.2 Å². The average Bonchev–Trinajstić information content (AvgIpc) is 2.73. The van der Waals surface area contributed by atoms with Crippen LogP contribution in [0.1, 0.15) is 17.5 Å². The maximum absolute atomic E-state index is 14.5. The van der Waals surface area contributed by atoms with E-state index in [1.165, 1.54) is 54.7 Å². The average molecular weight is 428 g/mol. The molecule has 2 aromatic carbocycles. The number of halogens is 3. The molecule has 1 aromatic heterocycles. The van der Waals surface area contributed by atoms with Crippen LogP contribution in [0, 0.1) is 0 Å². The van der Waals surface area contributed by atoms with E-state index in [9.17, 15) is 22.8 Å². The summed E-state index contributed by atoms with van der Waals surface area (Å²) in [5, 5.41) is 15.0. The summed E-state index contributed by atoms with van der Waals surface area (Å²) < 4.78 is 43.6. The van der Waals surface area contributed by atoms with Crippen molar-refractivity contribution in [2.75, 3.05) is 5.32 Å². The van der Waals surface area contributed by atoms with Gasteiger partial charge in [0.05, 0.1) is 11.2 Å². The molecule has 0 aliphatic carbocycles. The Kier molecular flexibility index (Phi) is 4.84. The van der Waals surface area contributed by atoms with Crippen LogP contribution in [0.15, 0.2) is 65.9 Å². The van der Waals surface area contributed by atoms with Crippen LogP contribution in [0.4, 0.5) is 23.7 Å². The number of hydrogen-bond donors (Lipinski definition) is 3. The fraction of sp³-hybridized carbons (Fsp3) is 0.143. The zero-order valence-corrected chi connectivity index (χ0v) is 15.8. The molecule has 2 amide bonds. The van der Waals surface area contributed by atoms with Crippen molar-refractivity contribution in [3.05, 3.63) is 71.9 Å². The second-order valence-corrected chi connectivity index (χ2v) is 6.96. The normalized spacial score (nSPS) is 18.9. The quantitative estimate of drug-likeness (QED) is 0.586. The van der Waals surface area contributed by atoms with Crippen molar-refractivity contribution >= 4 is 34.3 Å². The number of benzene rings is 2. The maximum atomic E-state index is 14.5. The molecule has 1 aliphatic rings. The van der Waals surface area contributed by atoms with Gasteiger partial charge in [0.25, 0.3) is 5.91 Å². The number of anilines is 1. The van der Waals surface area contributed by atoms with Gasteiger partial charge in [-0.25, -0.2) is 10.2 Å². The summed E-state index contributed by atoms with van der Waals surface area (Å²) in [6, 6.07) is 13.0. The highest BCUT2D eigenvalue weighted by atomic mass is 19.4. The van der Waals surface area contributed by atoms with Crippen LogP contribution in [0.2, 0.25) is 0 Å². The highest BCUT2D eigenvalue weighted by Gasteiger charge is 2.63. The van der Waals surface area contributed by atoms with E-state index in [0.717, 1.165) is 0 Å². The lowest BCUT2D eigenvalue weighted by atomic mass is 9.71. The number of carboxylic acid groups (broad SMARTS) is 1. The van der Waals surface area contributed by atoms with Crippen LogP contribution >= 0.6 is 0 Å². The van der Waals surface area contributed by atoms with Crippen molar-refractivity contribution in [1.29, 1.82) is 0 Å². The topological polar surface area (TPSA) is 104 Å². The van der Waals surface area contributed by atoms with Crippen LogP contribution in [0.25, 0.3) is 10.9 Å². The fourth-order valence-electron chi connectivity index (χ4n) is 3.70. The molecule has 158 valence electrons. The van der Waals surface area contributed by atoms with Crippen LogP contribution in [0.3, 0.4) is 0 Å². The van der Waals surface area contributed by atoms with E-state index in [0.29, 0.717) is 11.1 Å². The molecule has 0 saturated heterocycles. The molecular formula is C21H15F3N4O3. The summed E-state index contributed by atoms with van der Waals surface area (Å²) in [6.07, 6.45) is -5.45. The van der Waals surface area contributed by atoms with E-state index >= 15 is 0 Å². The summed E-state index contributed by atoms with van der Waals surface area (Å²) in [6.45, 7) is 0. The molecule has 0 bridgehead atoms. The number of fused-ring (bicyclic) bond motifs is 1. The van der Waals surface area contributed by atoms with Gasteiger partial charge in [0, 0.05) is 23.7 Å². The standard InChI is InChI=1S/C21H15F3N4O3/c22-21(23,24)20(15-4-1-5-16-14(15)3-2-10-25-16)11-17(27-28-18(20)29)12-6-8-13(9-7-12)26-19(30)31/h1-10,26H,11H2,(H,28,29)(H,30,31)/t20-/m1/s1. The molecule has 7 nitrogen and oxygen atoms in total. The van der Waals surface area contributed by atoms with E-state index in [1.807, 2.05) is 5.43 Å². The van der Waals surface area contributed by atoms with Crippen molar-refractivity contribution in [3.63, 3.8) is 0 Å². The van der Waals surface area contributed by atoms with Gasteiger partial charge in [0.2, 0.25) is 0 Å². The van der Waals surface area contributed by atoms with E-state index < -0.39 is 30.0 Å². The lowest BCUT2D eigenvalue weighted by molar-refractivity contribution is -0.194. The molecule has 1 aliphatic heterocycles. The molecule has 4 rings (SSSR count). The zero-order chi connectivity index (χ0) is 22.2. The molecule has 10 heteroatoms. The summed E-state index contributed by atoms with van der Waals surface area (Å²) in [5.41, 5.74) is -0.120. The molecule has 3 N–H and O–H groups in total. The van der Waals surface area contributed by atoms with Gasteiger partial charge in [-0.3, -0.25) is 15.1 Å². The molecule has 0 fully saturated rings. The number of nitrogens with zero attached hydrogens (tertiary/aromatic N) is 2. The number of carbonyl (C=O) groups excluding carboxylic acids is 1. The van der Waals surface area contributed by atoms with Gasteiger partial charge < -0.3 is 5.11 Å². The van der Waals surface area contributed by atoms with E-state index in [4.69, 9.17) is 5.11 Å². The molecule has 0 radical (unpaired) electrons. The number of alkyl halides is 3. The van der Waals surface area contributed by atoms with E-state index in [2.05, 4.69) is 15.4 Å². The van der Waals surface area contributed by atoms with Crippen LogP contribution < -0.4 is 10.7 Å². The van der Waals surface area contributed by atoms with Gasteiger partial charge in [-0.15, -0.1) is 0 Å². The zero-order valence-electron chi connectivity index (χ0n) is 15.8. The van der Waals surface area contributed by atoms with Crippen molar-refractivity contribution in [1.82, 2.24) is 10.4 Å². The SMILES string of the molecule is O=C(O)Nc1ccc(C2=NNC(=O)[C@@](c3cccc4ncccc34)(C(F)(F)F)C2)cc1. The molecule has 1 atom stereocenters. The Morgan fingerprint density at radius 2 is 1.84 bits per heavy atom. The van der Waals surface area contributed by atoms with Gasteiger partial charge in [-0.2, -0.15) is 18.3 Å². The van der Waals surface area contributed by atoms with Gasteiger partial charge >= 0.3 is 12.3 Å². The molecule has 3 aromatic rings. The number of hydrogen-bond acceptors (Lipinski definition) is 4. The summed E-state index contributed by atoms with van der Waals surface area (Å²) >= 11 is 0. The first-order valence-electron chi connectivity index (χ1n) is 9.11. The summed E-state index contributed by atoms with van der Waals surface area (Å²) in [5.74, 6) is -1.27. The van der Waals surface area contributed by atoms with Crippen molar-refractivity contribution in [2.45, 2.75) is 18.0 Å². The molecule has 31 heavy (non-hydrogen) atoms. The molecule has 2 heterocycles. The monoisotopic (exact) mass is 428 g/mol. The molecule has 0 spiro atoms. The Balaban J connectivity index is 1.83. The molecular weight excluding hydrogens is 413 g/mol. The largest absolute Gasteiger partial charge is 0.465 e. The highest BCUT2D eigenvalue weighted by molar-refractivity contribution is 6.09. The summed E-state index contributed by atoms with van der Waals surface area (Å²) in [7, 11) is 0. The fourth-order valence-corrected chi connectivity index (χ4v) is 3.70. The van der Waals surface area contributed by atoms with Gasteiger partial charge in [0.1, 0.15) is 0 Å². The van der Waals surface area contributed by atoms with E-state index in [-0.39, 0.29) is 22.3 Å². The van der Waals surface area contributed by atoms with Crippen molar-refractivity contribution < 1.29 is 27.9 Å². The first-order valence-corrected chi connectivity index (χ1v) is 9.11. The smallest absolute Gasteiger partial charge is 0.409 e. The number of carbonyl (C=O) groups is 2. The van der Waals surface area contributed by atoms with Gasteiger partial charge in [-0.05, 0) is 35.4 Å². The predicted octanol–water partition coefficient (Wildman–Crippen LogP) is 4.05. The maximum Gasteiger partial charge on any atom is 0.409 e.